The first kappa shape index (κ1) is 12.5. The summed E-state index contributed by atoms with van der Waals surface area (Å²) in [6.07, 6.45) is 0. The number of carboxylic acid groups (broad SMARTS) is 1. The average Bonchev–Trinajstić information content (AvgIpc) is 2.71. The highest BCUT2D eigenvalue weighted by molar-refractivity contribution is 5.99. The number of nitrogens with zero attached hydrogens (tertiary/aromatic N) is 1. The first-order chi connectivity index (χ1) is 9.59. The quantitative estimate of drug-likeness (QED) is 0.764. The molecule has 20 heavy (non-hydrogen) atoms. The Morgan fingerprint density at radius 2 is 1.75 bits per heavy atom. The van der Waals surface area contributed by atoms with Crippen LogP contribution in [-0.4, -0.2) is 15.6 Å². The van der Waals surface area contributed by atoms with Crippen LogP contribution in [0.3, 0.4) is 0 Å². The predicted octanol–water partition coefficient (Wildman–Crippen LogP) is 3.85. The summed E-state index contributed by atoms with van der Waals surface area (Å²) in [5.74, 6) is -0.887. The average molecular weight is 265 g/mol. The molecule has 3 heteroatoms. The largest absolute Gasteiger partial charge is 0.477 e. The number of hydrogen-bond donors (Lipinski definition) is 1. The highest BCUT2D eigenvalue weighted by Crippen LogP contribution is 2.29. The second kappa shape index (κ2) is 4.53. The number of carbonyl (C=O) groups is 1. The van der Waals surface area contributed by atoms with E-state index in [-0.39, 0.29) is 0 Å². The van der Waals surface area contributed by atoms with E-state index in [1.54, 1.807) is 11.6 Å². The van der Waals surface area contributed by atoms with Crippen molar-refractivity contribution in [3.8, 4) is 11.1 Å². The van der Waals surface area contributed by atoms with Gasteiger partial charge in [-0.05, 0) is 35.7 Å². The molecule has 0 spiro atoms. The Bertz CT molecular complexity index is 801. The molecular weight excluding hydrogens is 250 g/mol. The molecule has 1 N–H and O–H groups in total. The van der Waals surface area contributed by atoms with Gasteiger partial charge in [-0.1, -0.05) is 36.4 Å². The Kier molecular flexibility index (Phi) is 2.83. The summed E-state index contributed by atoms with van der Waals surface area (Å²) in [6.45, 7) is 1.86. The van der Waals surface area contributed by atoms with Crippen LogP contribution >= 0.6 is 0 Å². The highest BCUT2D eigenvalue weighted by atomic mass is 16.4. The third-order valence-electron chi connectivity index (χ3n) is 3.76. The van der Waals surface area contributed by atoms with Gasteiger partial charge in [0.05, 0.1) is 0 Å². The molecule has 3 rings (SSSR count). The van der Waals surface area contributed by atoms with Crippen molar-refractivity contribution in [1.29, 1.82) is 0 Å². The van der Waals surface area contributed by atoms with Gasteiger partial charge in [0.1, 0.15) is 5.69 Å². The number of aromatic carboxylic acids is 1. The van der Waals surface area contributed by atoms with Crippen LogP contribution < -0.4 is 0 Å². The van der Waals surface area contributed by atoms with E-state index in [0.29, 0.717) is 5.69 Å². The standard InChI is InChI=1S/C17H15NO2/c1-11-14-10-13(12-6-4-3-5-7-12)8-9-15(14)18(2)16(11)17(19)20/h3-10H,1-2H3,(H,19,20). The number of carboxylic acids is 1. The predicted molar refractivity (Wildman–Crippen MR) is 80.1 cm³/mol. The molecule has 3 nitrogen and oxygen atoms in total. The lowest BCUT2D eigenvalue weighted by atomic mass is 10.0. The zero-order chi connectivity index (χ0) is 14.3. The summed E-state index contributed by atoms with van der Waals surface area (Å²) in [7, 11) is 1.79. The van der Waals surface area contributed by atoms with Crippen LogP contribution in [-0.2, 0) is 7.05 Å². The number of benzene rings is 2. The first-order valence-electron chi connectivity index (χ1n) is 6.47. The Morgan fingerprint density at radius 1 is 1.05 bits per heavy atom. The number of aromatic nitrogens is 1. The Balaban J connectivity index is 2.27. The summed E-state index contributed by atoms with van der Waals surface area (Å²) >= 11 is 0. The molecule has 0 bridgehead atoms. The van der Waals surface area contributed by atoms with E-state index >= 15 is 0 Å². The molecule has 0 atom stereocenters. The lowest BCUT2D eigenvalue weighted by Gasteiger charge is -2.03. The van der Waals surface area contributed by atoms with Crippen LogP contribution in [0.15, 0.2) is 48.5 Å². The van der Waals surface area contributed by atoms with Crippen molar-refractivity contribution >= 4 is 16.9 Å². The second-order valence-corrected chi connectivity index (χ2v) is 4.94. The monoisotopic (exact) mass is 265 g/mol. The molecule has 0 unspecified atom stereocenters. The maximum Gasteiger partial charge on any atom is 0.352 e. The molecule has 1 aromatic heterocycles. The van der Waals surface area contributed by atoms with Crippen molar-refractivity contribution in [3.63, 3.8) is 0 Å². The lowest BCUT2D eigenvalue weighted by Crippen LogP contribution is -2.05. The number of rotatable bonds is 2. The molecule has 0 saturated heterocycles. The van der Waals surface area contributed by atoms with Gasteiger partial charge in [0, 0.05) is 18.0 Å². The Morgan fingerprint density at radius 3 is 2.40 bits per heavy atom. The summed E-state index contributed by atoms with van der Waals surface area (Å²) in [5, 5.41) is 10.3. The van der Waals surface area contributed by atoms with Crippen molar-refractivity contribution in [3.05, 3.63) is 59.8 Å². The fourth-order valence-electron chi connectivity index (χ4n) is 2.74. The summed E-state index contributed by atoms with van der Waals surface area (Å²) < 4.78 is 1.74. The van der Waals surface area contributed by atoms with Gasteiger partial charge in [0.25, 0.3) is 0 Å². The van der Waals surface area contributed by atoms with Crippen molar-refractivity contribution in [2.24, 2.45) is 7.05 Å². The van der Waals surface area contributed by atoms with Crippen LogP contribution in [0.25, 0.3) is 22.0 Å². The van der Waals surface area contributed by atoms with Crippen LogP contribution in [0, 0.1) is 6.92 Å². The number of aryl methyl sites for hydroxylation is 2. The topological polar surface area (TPSA) is 42.2 Å². The van der Waals surface area contributed by atoms with Crippen molar-refractivity contribution in [1.82, 2.24) is 4.57 Å². The maximum atomic E-state index is 11.3. The minimum atomic E-state index is -0.887. The van der Waals surface area contributed by atoms with Crippen molar-refractivity contribution in [2.75, 3.05) is 0 Å². The van der Waals surface area contributed by atoms with Gasteiger partial charge in [-0.2, -0.15) is 0 Å². The smallest absolute Gasteiger partial charge is 0.352 e. The van der Waals surface area contributed by atoms with Gasteiger partial charge in [-0.15, -0.1) is 0 Å². The molecule has 1 heterocycles. The SMILES string of the molecule is Cc1c(C(=O)O)n(C)c2ccc(-c3ccccc3)cc12. The van der Waals surface area contributed by atoms with Crippen LogP contribution in [0.1, 0.15) is 16.1 Å². The van der Waals surface area contributed by atoms with Gasteiger partial charge >= 0.3 is 5.97 Å². The lowest BCUT2D eigenvalue weighted by molar-refractivity contribution is 0.0686. The molecule has 0 aliphatic carbocycles. The maximum absolute atomic E-state index is 11.3. The molecule has 2 aromatic carbocycles. The molecule has 100 valence electrons. The molecule has 0 radical (unpaired) electrons. The van der Waals surface area contributed by atoms with E-state index in [0.717, 1.165) is 27.6 Å². The number of hydrogen-bond acceptors (Lipinski definition) is 1. The molecule has 0 fully saturated rings. The molecule has 0 saturated carbocycles. The first-order valence-corrected chi connectivity index (χ1v) is 6.47. The second-order valence-electron chi connectivity index (χ2n) is 4.94. The zero-order valence-electron chi connectivity index (χ0n) is 11.4. The Labute approximate surface area is 117 Å². The van der Waals surface area contributed by atoms with E-state index in [1.165, 1.54) is 0 Å². The van der Waals surface area contributed by atoms with E-state index in [2.05, 4.69) is 18.2 Å². The fourth-order valence-corrected chi connectivity index (χ4v) is 2.74. The Hall–Kier alpha value is -2.55. The highest BCUT2D eigenvalue weighted by Gasteiger charge is 2.17. The van der Waals surface area contributed by atoms with Gasteiger partial charge < -0.3 is 9.67 Å². The molecular formula is C17H15NO2. The zero-order valence-corrected chi connectivity index (χ0v) is 11.4. The van der Waals surface area contributed by atoms with Gasteiger partial charge in [-0.3, -0.25) is 0 Å². The van der Waals surface area contributed by atoms with Crippen LogP contribution in [0.5, 0.6) is 0 Å². The minimum Gasteiger partial charge on any atom is -0.477 e. The van der Waals surface area contributed by atoms with E-state index in [1.807, 2.05) is 37.3 Å². The van der Waals surface area contributed by atoms with Gasteiger partial charge in [0.2, 0.25) is 0 Å². The third kappa shape index (κ3) is 1.79. The minimum absolute atomic E-state index is 0.352. The van der Waals surface area contributed by atoms with Crippen LogP contribution in [0.2, 0.25) is 0 Å². The molecule has 3 aromatic rings. The summed E-state index contributed by atoms with van der Waals surface area (Å²) in [5.41, 5.74) is 4.34. The van der Waals surface area contributed by atoms with E-state index in [9.17, 15) is 9.90 Å². The number of fused-ring (bicyclic) bond motifs is 1. The van der Waals surface area contributed by atoms with Crippen molar-refractivity contribution in [2.45, 2.75) is 6.92 Å². The van der Waals surface area contributed by atoms with Gasteiger partial charge in [0.15, 0.2) is 0 Å². The van der Waals surface area contributed by atoms with E-state index in [4.69, 9.17) is 0 Å². The van der Waals surface area contributed by atoms with Crippen molar-refractivity contribution < 1.29 is 9.90 Å². The molecule has 0 aliphatic rings. The third-order valence-corrected chi connectivity index (χ3v) is 3.76. The van der Waals surface area contributed by atoms with E-state index < -0.39 is 5.97 Å². The normalized spacial score (nSPS) is 10.9. The van der Waals surface area contributed by atoms with Crippen LogP contribution in [0.4, 0.5) is 0 Å². The van der Waals surface area contributed by atoms with Gasteiger partial charge in [-0.25, -0.2) is 4.79 Å². The summed E-state index contributed by atoms with van der Waals surface area (Å²) in [4.78, 5) is 11.3. The molecule has 0 aliphatic heterocycles. The summed E-state index contributed by atoms with van der Waals surface area (Å²) in [6, 6.07) is 16.2. The fraction of sp³-hybridized carbons (Fsp3) is 0.118. The molecule has 0 amide bonds.